The van der Waals surface area contributed by atoms with Crippen LogP contribution in [-0.4, -0.2) is 29.6 Å². The molecule has 0 atom stereocenters. The van der Waals surface area contributed by atoms with Gasteiger partial charge in [-0.2, -0.15) is 0 Å². The molecule has 8 heteroatoms. The van der Waals surface area contributed by atoms with Crippen LogP contribution in [0.5, 0.6) is 0 Å². The lowest BCUT2D eigenvalue weighted by atomic mass is 10.1. The summed E-state index contributed by atoms with van der Waals surface area (Å²) in [7, 11) is 1.42. The molecule has 7 nitrogen and oxygen atoms in total. The van der Waals surface area contributed by atoms with Gasteiger partial charge in [0.1, 0.15) is 5.69 Å². The van der Waals surface area contributed by atoms with E-state index in [1.54, 1.807) is 12.1 Å². The maximum absolute atomic E-state index is 11.7. The highest BCUT2D eigenvalue weighted by Crippen LogP contribution is 2.33. The maximum atomic E-state index is 11.7. The number of carbonyl (C=O) groups excluding carboxylic acids is 1. The van der Waals surface area contributed by atoms with Crippen LogP contribution in [0, 0.1) is 10.1 Å². The van der Waals surface area contributed by atoms with Crippen LogP contribution in [0.3, 0.4) is 0 Å². The topological polar surface area (TPSA) is 104 Å². The number of nitro benzene ring substituents is 1. The zero-order valence-corrected chi connectivity index (χ0v) is 13.6. The third-order valence-electron chi connectivity index (χ3n) is 3.39. The number of nitro groups is 1. The van der Waals surface area contributed by atoms with Crippen molar-refractivity contribution in [2.45, 2.75) is 6.42 Å². The van der Waals surface area contributed by atoms with Crippen molar-refractivity contribution in [1.29, 1.82) is 0 Å². The average molecular weight is 350 g/mol. The minimum atomic E-state index is -0.578. The molecule has 0 heterocycles. The molecule has 0 aliphatic rings. The summed E-state index contributed by atoms with van der Waals surface area (Å²) in [5.74, 6) is -0.497. The molecule has 0 unspecified atom stereocenters. The average Bonchev–Trinajstić information content (AvgIpc) is 2.56. The third kappa shape index (κ3) is 4.01. The molecule has 0 spiro atoms. The molecule has 0 fully saturated rings. The van der Waals surface area contributed by atoms with Crippen LogP contribution in [0.1, 0.15) is 15.9 Å². The van der Waals surface area contributed by atoms with E-state index in [2.05, 4.69) is 10.6 Å². The van der Waals surface area contributed by atoms with Crippen molar-refractivity contribution in [3.63, 3.8) is 0 Å². The number of amides is 1. The Balaban J connectivity index is 2.36. The highest BCUT2D eigenvalue weighted by Gasteiger charge is 2.21. The van der Waals surface area contributed by atoms with Gasteiger partial charge in [0, 0.05) is 25.4 Å². The number of anilines is 2. The van der Waals surface area contributed by atoms with E-state index in [1.165, 1.54) is 13.1 Å². The van der Waals surface area contributed by atoms with Crippen LogP contribution in [0.15, 0.2) is 36.4 Å². The molecule has 24 heavy (non-hydrogen) atoms. The van der Waals surface area contributed by atoms with Gasteiger partial charge in [-0.3, -0.25) is 14.9 Å². The Morgan fingerprint density at radius 1 is 1.29 bits per heavy atom. The summed E-state index contributed by atoms with van der Waals surface area (Å²) in [6, 6.07) is 9.61. The highest BCUT2D eigenvalue weighted by atomic mass is 35.5. The number of nitrogens with one attached hydrogen (secondary N) is 2. The largest absolute Gasteiger partial charge is 0.396 e. The van der Waals surface area contributed by atoms with Crippen LogP contribution in [-0.2, 0) is 6.42 Å². The second kappa shape index (κ2) is 7.76. The van der Waals surface area contributed by atoms with E-state index < -0.39 is 10.8 Å². The van der Waals surface area contributed by atoms with E-state index in [0.717, 1.165) is 11.6 Å². The summed E-state index contributed by atoms with van der Waals surface area (Å²) >= 11 is 6.06. The number of aliphatic hydroxyl groups is 1. The van der Waals surface area contributed by atoms with Crippen molar-refractivity contribution in [3.05, 3.63) is 62.7 Å². The van der Waals surface area contributed by atoms with Gasteiger partial charge in [-0.15, -0.1) is 0 Å². The first-order valence-electron chi connectivity index (χ1n) is 7.13. The number of rotatable bonds is 6. The number of benzene rings is 2. The molecular weight excluding hydrogens is 334 g/mol. The number of hydrogen-bond donors (Lipinski definition) is 3. The molecule has 1 amide bonds. The Hall–Kier alpha value is -2.64. The van der Waals surface area contributed by atoms with E-state index in [-0.39, 0.29) is 28.6 Å². The SMILES string of the molecule is CNC(=O)c1cc([N+](=O)[O-])c(Nc2ccc(CCO)cc2)cc1Cl. The first kappa shape index (κ1) is 17.7. The second-order valence-corrected chi connectivity index (χ2v) is 5.39. The van der Waals surface area contributed by atoms with E-state index in [0.29, 0.717) is 12.1 Å². The first-order chi connectivity index (χ1) is 11.5. The summed E-state index contributed by atoms with van der Waals surface area (Å²) in [5.41, 5.74) is 1.55. The van der Waals surface area contributed by atoms with Crippen molar-refractivity contribution >= 4 is 34.6 Å². The van der Waals surface area contributed by atoms with Crippen LogP contribution in [0.4, 0.5) is 17.1 Å². The van der Waals surface area contributed by atoms with E-state index >= 15 is 0 Å². The fraction of sp³-hybridized carbons (Fsp3) is 0.188. The first-order valence-corrected chi connectivity index (χ1v) is 7.51. The standard InChI is InChI=1S/C16H16ClN3O4/c1-18-16(22)12-8-15(20(23)24)14(9-13(12)17)19-11-4-2-10(3-5-11)6-7-21/h2-5,8-9,19,21H,6-7H2,1H3,(H,18,22). The Morgan fingerprint density at radius 3 is 2.50 bits per heavy atom. The van der Waals surface area contributed by atoms with E-state index in [1.807, 2.05) is 12.1 Å². The van der Waals surface area contributed by atoms with Gasteiger partial charge in [0.25, 0.3) is 11.6 Å². The molecule has 0 aliphatic heterocycles. The highest BCUT2D eigenvalue weighted by molar-refractivity contribution is 6.34. The molecule has 126 valence electrons. The van der Waals surface area contributed by atoms with Crippen molar-refractivity contribution in [1.82, 2.24) is 5.32 Å². The maximum Gasteiger partial charge on any atom is 0.293 e. The van der Waals surface area contributed by atoms with E-state index in [9.17, 15) is 14.9 Å². The number of hydrogen-bond acceptors (Lipinski definition) is 5. The molecule has 0 aliphatic carbocycles. The normalized spacial score (nSPS) is 10.3. The third-order valence-corrected chi connectivity index (χ3v) is 3.70. The summed E-state index contributed by atoms with van der Waals surface area (Å²) in [4.78, 5) is 22.4. The fourth-order valence-corrected chi connectivity index (χ4v) is 2.41. The van der Waals surface area contributed by atoms with Gasteiger partial charge in [-0.1, -0.05) is 23.7 Å². The lowest BCUT2D eigenvalue weighted by Gasteiger charge is -2.10. The summed E-state index contributed by atoms with van der Waals surface area (Å²) in [6.07, 6.45) is 0.535. The zero-order chi connectivity index (χ0) is 17.7. The quantitative estimate of drug-likeness (QED) is 0.549. The molecule has 0 radical (unpaired) electrons. The smallest absolute Gasteiger partial charge is 0.293 e. The van der Waals surface area contributed by atoms with Gasteiger partial charge < -0.3 is 15.7 Å². The molecule has 2 aromatic carbocycles. The predicted molar refractivity (Wildman–Crippen MR) is 92.0 cm³/mol. The van der Waals surface area contributed by atoms with Gasteiger partial charge in [0.2, 0.25) is 0 Å². The lowest BCUT2D eigenvalue weighted by Crippen LogP contribution is -2.18. The van der Waals surface area contributed by atoms with Crippen LogP contribution in [0.25, 0.3) is 0 Å². The van der Waals surface area contributed by atoms with Crippen molar-refractivity contribution < 1.29 is 14.8 Å². The summed E-state index contributed by atoms with van der Waals surface area (Å²) in [5, 5.41) is 25.6. The Morgan fingerprint density at radius 2 is 1.96 bits per heavy atom. The number of carbonyl (C=O) groups is 1. The van der Waals surface area contributed by atoms with Crippen molar-refractivity contribution in [2.24, 2.45) is 0 Å². The number of halogens is 1. The monoisotopic (exact) mass is 349 g/mol. The molecular formula is C16H16ClN3O4. The molecule has 0 saturated carbocycles. The zero-order valence-electron chi connectivity index (χ0n) is 12.9. The Labute approximate surface area is 143 Å². The van der Waals surface area contributed by atoms with E-state index in [4.69, 9.17) is 16.7 Å². The summed E-state index contributed by atoms with van der Waals surface area (Å²) in [6.45, 7) is 0.0504. The van der Waals surface area contributed by atoms with Gasteiger partial charge in [0.15, 0.2) is 0 Å². The Kier molecular flexibility index (Phi) is 5.73. The second-order valence-electron chi connectivity index (χ2n) is 4.98. The van der Waals surface area contributed by atoms with Crippen molar-refractivity contribution in [3.8, 4) is 0 Å². The summed E-state index contributed by atoms with van der Waals surface area (Å²) < 4.78 is 0. The molecule has 2 aromatic rings. The van der Waals surface area contributed by atoms with Crippen LogP contribution < -0.4 is 10.6 Å². The van der Waals surface area contributed by atoms with Gasteiger partial charge in [0.05, 0.1) is 15.5 Å². The number of aliphatic hydroxyl groups excluding tert-OH is 1. The molecule has 0 bridgehead atoms. The van der Waals surface area contributed by atoms with Gasteiger partial charge in [-0.25, -0.2) is 0 Å². The lowest BCUT2D eigenvalue weighted by molar-refractivity contribution is -0.383. The predicted octanol–water partition coefficient (Wildman–Crippen LogP) is 2.89. The van der Waals surface area contributed by atoms with Crippen LogP contribution in [0.2, 0.25) is 5.02 Å². The minimum Gasteiger partial charge on any atom is -0.396 e. The number of nitrogens with zero attached hydrogens (tertiary/aromatic N) is 1. The Bertz CT molecular complexity index is 763. The molecule has 0 aromatic heterocycles. The minimum absolute atomic E-state index is 0.0368. The van der Waals surface area contributed by atoms with Crippen molar-refractivity contribution in [2.75, 3.05) is 19.0 Å². The van der Waals surface area contributed by atoms with Gasteiger partial charge >= 0.3 is 0 Å². The molecule has 2 rings (SSSR count). The van der Waals surface area contributed by atoms with Gasteiger partial charge in [-0.05, 0) is 30.2 Å². The molecule has 3 N–H and O–H groups in total. The van der Waals surface area contributed by atoms with Crippen LogP contribution >= 0.6 is 11.6 Å². The molecule has 0 saturated heterocycles. The fourth-order valence-electron chi connectivity index (χ4n) is 2.16.